The molecular formula is C18H18O4. The molecule has 0 aliphatic carbocycles. The summed E-state index contributed by atoms with van der Waals surface area (Å²) in [6.07, 6.45) is 1.99. The van der Waals surface area contributed by atoms with E-state index in [0.29, 0.717) is 24.2 Å². The first-order chi connectivity index (χ1) is 10.6. The summed E-state index contributed by atoms with van der Waals surface area (Å²) >= 11 is 0. The van der Waals surface area contributed by atoms with E-state index in [9.17, 15) is 15.0 Å². The monoisotopic (exact) mass is 298 g/mol. The third kappa shape index (κ3) is 4.38. The standard InChI is InChI=1S/C18H18O4/c1-13(16-8-7-15(19)12-17(16)20)11-18(21)22-10-9-14-5-3-2-4-6-14/h2-8,11-12,19-20H,9-10H2,1H3. The number of aromatic hydroxyl groups is 2. The molecular weight excluding hydrogens is 280 g/mol. The molecule has 0 atom stereocenters. The maximum Gasteiger partial charge on any atom is 0.331 e. The van der Waals surface area contributed by atoms with E-state index in [1.807, 2.05) is 30.3 Å². The second-order valence-electron chi connectivity index (χ2n) is 4.93. The van der Waals surface area contributed by atoms with Crippen LogP contribution in [0.5, 0.6) is 11.5 Å². The van der Waals surface area contributed by atoms with Gasteiger partial charge in [-0.1, -0.05) is 30.3 Å². The van der Waals surface area contributed by atoms with Gasteiger partial charge in [-0.05, 0) is 30.2 Å². The number of carbonyl (C=O) groups excluding carboxylic acids is 1. The molecule has 0 fully saturated rings. The molecule has 0 bridgehead atoms. The molecule has 0 amide bonds. The molecule has 0 aromatic heterocycles. The highest BCUT2D eigenvalue weighted by molar-refractivity contribution is 5.91. The first-order valence-corrected chi connectivity index (χ1v) is 6.97. The van der Waals surface area contributed by atoms with Crippen molar-refractivity contribution in [3.05, 3.63) is 65.7 Å². The van der Waals surface area contributed by atoms with Gasteiger partial charge in [-0.15, -0.1) is 0 Å². The minimum absolute atomic E-state index is 0.0283. The minimum Gasteiger partial charge on any atom is -0.508 e. The highest BCUT2D eigenvalue weighted by Gasteiger charge is 2.07. The fourth-order valence-corrected chi connectivity index (χ4v) is 2.06. The number of hydrogen-bond acceptors (Lipinski definition) is 4. The van der Waals surface area contributed by atoms with Gasteiger partial charge in [0.2, 0.25) is 0 Å². The van der Waals surface area contributed by atoms with Gasteiger partial charge in [-0.25, -0.2) is 4.79 Å². The SMILES string of the molecule is CC(=CC(=O)OCCc1ccccc1)c1ccc(O)cc1O. The Morgan fingerprint density at radius 2 is 1.86 bits per heavy atom. The van der Waals surface area contributed by atoms with Crippen molar-refractivity contribution in [3.63, 3.8) is 0 Å². The van der Waals surface area contributed by atoms with E-state index in [-0.39, 0.29) is 11.5 Å². The number of phenolic OH excluding ortho intramolecular Hbond substituents is 2. The lowest BCUT2D eigenvalue weighted by Crippen LogP contribution is -2.05. The predicted octanol–water partition coefficient (Wildman–Crippen LogP) is 3.29. The van der Waals surface area contributed by atoms with Gasteiger partial charge in [-0.2, -0.15) is 0 Å². The fraction of sp³-hybridized carbons (Fsp3) is 0.167. The Kier molecular flexibility index (Phi) is 5.20. The molecule has 0 aliphatic rings. The molecule has 2 rings (SSSR count). The van der Waals surface area contributed by atoms with E-state index in [2.05, 4.69) is 0 Å². The molecule has 2 aromatic carbocycles. The van der Waals surface area contributed by atoms with E-state index in [4.69, 9.17) is 4.74 Å². The summed E-state index contributed by atoms with van der Waals surface area (Å²) in [7, 11) is 0. The Labute approximate surface area is 129 Å². The van der Waals surface area contributed by atoms with Gasteiger partial charge in [0.05, 0.1) is 6.61 Å². The van der Waals surface area contributed by atoms with E-state index >= 15 is 0 Å². The number of esters is 1. The number of phenols is 2. The lowest BCUT2D eigenvalue weighted by molar-refractivity contribution is -0.137. The van der Waals surface area contributed by atoms with Gasteiger partial charge in [0.15, 0.2) is 0 Å². The smallest absolute Gasteiger partial charge is 0.331 e. The van der Waals surface area contributed by atoms with Crippen molar-refractivity contribution in [3.8, 4) is 11.5 Å². The van der Waals surface area contributed by atoms with Crippen LogP contribution in [-0.4, -0.2) is 22.8 Å². The highest BCUT2D eigenvalue weighted by atomic mass is 16.5. The molecule has 4 nitrogen and oxygen atoms in total. The summed E-state index contributed by atoms with van der Waals surface area (Å²) in [4.78, 5) is 11.8. The molecule has 0 saturated heterocycles. The van der Waals surface area contributed by atoms with Crippen LogP contribution in [0.2, 0.25) is 0 Å². The number of rotatable bonds is 5. The number of allylic oxidation sites excluding steroid dienone is 1. The Balaban J connectivity index is 1.92. The highest BCUT2D eigenvalue weighted by Crippen LogP contribution is 2.28. The average Bonchev–Trinajstić information content (AvgIpc) is 2.48. The predicted molar refractivity (Wildman–Crippen MR) is 84.5 cm³/mol. The van der Waals surface area contributed by atoms with Crippen LogP contribution in [0.25, 0.3) is 5.57 Å². The quantitative estimate of drug-likeness (QED) is 0.656. The lowest BCUT2D eigenvalue weighted by Gasteiger charge is -2.06. The molecule has 0 heterocycles. The number of ether oxygens (including phenoxy) is 1. The maximum atomic E-state index is 11.8. The summed E-state index contributed by atoms with van der Waals surface area (Å²) in [5.74, 6) is -0.564. The summed E-state index contributed by atoms with van der Waals surface area (Å²) in [5, 5.41) is 19.0. The molecule has 2 N–H and O–H groups in total. The van der Waals surface area contributed by atoms with Crippen LogP contribution in [0.4, 0.5) is 0 Å². The average molecular weight is 298 g/mol. The Bertz CT molecular complexity index is 675. The van der Waals surface area contributed by atoms with Crippen molar-refractivity contribution in [2.45, 2.75) is 13.3 Å². The molecule has 0 spiro atoms. The van der Waals surface area contributed by atoms with Gasteiger partial charge in [-0.3, -0.25) is 0 Å². The minimum atomic E-state index is -0.457. The van der Waals surface area contributed by atoms with Gasteiger partial charge < -0.3 is 14.9 Å². The number of benzene rings is 2. The van der Waals surface area contributed by atoms with Crippen molar-refractivity contribution < 1.29 is 19.7 Å². The second-order valence-corrected chi connectivity index (χ2v) is 4.93. The van der Waals surface area contributed by atoms with Crippen molar-refractivity contribution >= 4 is 11.5 Å². The van der Waals surface area contributed by atoms with Crippen LogP contribution in [-0.2, 0) is 16.0 Å². The molecule has 22 heavy (non-hydrogen) atoms. The zero-order chi connectivity index (χ0) is 15.9. The van der Waals surface area contributed by atoms with Gasteiger partial charge in [0, 0.05) is 24.1 Å². The van der Waals surface area contributed by atoms with Crippen molar-refractivity contribution in [2.75, 3.05) is 6.61 Å². The van der Waals surface area contributed by atoms with Crippen LogP contribution in [0.1, 0.15) is 18.1 Å². The summed E-state index contributed by atoms with van der Waals surface area (Å²) < 4.78 is 5.16. The zero-order valence-electron chi connectivity index (χ0n) is 12.3. The second kappa shape index (κ2) is 7.31. The third-order valence-electron chi connectivity index (χ3n) is 3.22. The first-order valence-electron chi connectivity index (χ1n) is 6.97. The molecule has 4 heteroatoms. The van der Waals surface area contributed by atoms with Crippen LogP contribution >= 0.6 is 0 Å². The van der Waals surface area contributed by atoms with Gasteiger partial charge in [0.25, 0.3) is 0 Å². The number of hydrogen-bond donors (Lipinski definition) is 2. The normalized spacial score (nSPS) is 11.2. The van der Waals surface area contributed by atoms with Crippen LogP contribution in [0, 0.1) is 0 Å². The van der Waals surface area contributed by atoms with E-state index in [0.717, 1.165) is 5.56 Å². The lowest BCUT2D eigenvalue weighted by atomic mass is 10.1. The van der Waals surface area contributed by atoms with Crippen LogP contribution in [0.3, 0.4) is 0 Å². The van der Waals surface area contributed by atoms with Crippen molar-refractivity contribution in [1.82, 2.24) is 0 Å². The van der Waals surface area contributed by atoms with Crippen molar-refractivity contribution in [2.24, 2.45) is 0 Å². The summed E-state index contributed by atoms with van der Waals surface area (Å²) in [6.45, 7) is 2.00. The van der Waals surface area contributed by atoms with Crippen LogP contribution < -0.4 is 0 Å². The zero-order valence-corrected chi connectivity index (χ0v) is 12.3. The fourth-order valence-electron chi connectivity index (χ4n) is 2.06. The Hall–Kier alpha value is -2.75. The van der Waals surface area contributed by atoms with Crippen LogP contribution in [0.15, 0.2) is 54.6 Å². The molecule has 0 unspecified atom stereocenters. The summed E-state index contributed by atoms with van der Waals surface area (Å²) in [5.41, 5.74) is 2.16. The Morgan fingerprint density at radius 3 is 2.55 bits per heavy atom. The molecule has 0 radical (unpaired) electrons. The van der Waals surface area contributed by atoms with Gasteiger partial charge in [0.1, 0.15) is 11.5 Å². The number of carbonyl (C=O) groups is 1. The largest absolute Gasteiger partial charge is 0.508 e. The molecule has 0 aliphatic heterocycles. The topological polar surface area (TPSA) is 66.8 Å². The third-order valence-corrected chi connectivity index (χ3v) is 3.22. The molecule has 0 saturated carbocycles. The van der Waals surface area contributed by atoms with Crippen molar-refractivity contribution in [1.29, 1.82) is 0 Å². The Morgan fingerprint density at radius 1 is 1.14 bits per heavy atom. The van der Waals surface area contributed by atoms with E-state index in [1.165, 1.54) is 18.2 Å². The first kappa shape index (κ1) is 15.6. The van der Waals surface area contributed by atoms with E-state index < -0.39 is 5.97 Å². The van der Waals surface area contributed by atoms with E-state index in [1.54, 1.807) is 13.0 Å². The van der Waals surface area contributed by atoms with Gasteiger partial charge >= 0.3 is 5.97 Å². The molecule has 2 aromatic rings. The summed E-state index contributed by atoms with van der Waals surface area (Å²) in [6, 6.07) is 14.0. The maximum absolute atomic E-state index is 11.8. The molecule has 114 valence electrons.